The molecule has 1 saturated heterocycles. The zero-order chi connectivity index (χ0) is 9.10. The van der Waals surface area contributed by atoms with E-state index in [9.17, 15) is 0 Å². The van der Waals surface area contributed by atoms with Crippen molar-refractivity contribution in [2.24, 2.45) is 5.73 Å². The summed E-state index contributed by atoms with van der Waals surface area (Å²) in [4.78, 5) is 2.34. The van der Waals surface area contributed by atoms with E-state index in [2.05, 4.69) is 34.0 Å². The molecule has 1 fully saturated rings. The number of rotatable bonds is 2. The summed E-state index contributed by atoms with van der Waals surface area (Å²) in [5, 5.41) is 0. The van der Waals surface area contributed by atoms with Crippen LogP contribution in [0.15, 0.2) is 24.5 Å². The van der Waals surface area contributed by atoms with Crippen LogP contribution in [0.5, 0.6) is 0 Å². The topological polar surface area (TPSA) is 34.2 Å². The molecule has 2 heterocycles. The van der Waals surface area contributed by atoms with Crippen LogP contribution in [0.25, 0.3) is 0 Å². The molecule has 3 heteroatoms. The molecule has 1 aromatic heterocycles. The van der Waals surface area contributed by atoms with E-state index < -0.39 is 0 Å². The summed E-state index contributed by atoms with van der Waals surface area (Å²) in [5.41, 5.74) is 5.71. The van der Waals surface area contributed by atoms with Crippen molar-refractivity contribution < 1.29 is 0 Å². The van der Waals surface area contributed by atoms with Gasteiger partial charge in [0.15, 0.2) is 0 Å². The maximum Gasteiger partial charge on any atom is 0.0868 e. The largest absolute Gasteiger partial charge is 0.338 e. The van der Waals surface area contributed by atoms with E-state index in [-0.39, 0.29) is 0 Å². The smallest absolute Gasteiger partial charge is 0.0868 e. The molecule has 0 saturated carbocycles. The zero-order valence-corrected chi connectivity index (χ0v) is 7.89. The number of hydrogen-bond donors (Lipinski definition) is 1. The van der Waals surface area contributed by atoms with Crippen LogP contribution in [-0.4, -0.2) is 22.7 Å². The normalized spacial score (nSPS) is 24.8. The van der Waals surface area contributed by atoms with E-state index in [1.54, 1.807) is 0 Å². The van der Waals surface area contributed by atoms with E-state index in [1.165, 1.54) is 19.3 Å². The number of nitrogens with zero attached hydrogens (tertiary/aromatic N) is 2. The van der Waals surface area contributed by atoms with Gasteiger partial charge in [0, 0.05) is 25.6 Å². The third-order valence-corrected chi connectivity index (χ3v) is 2.79. The van der Waals surface area contributed by atoms with Crippen LogP contribution in [0.3, 0.4) is 0 Å². The summed E-state index contributed by atoms with van der Waals surface area (Å²) in [6.45, 7) is 1.81. The van der Waals surface area contributed by atoms with Gasteiger partial charge in [-0.1, -0.05) is 0 Å². The Kier molecular flexibility index (Phi) is 2.66. The highest BCUT2D eigenvalue weighted by atomic mass is 15.3. The predicted octanol–water partition coefficient (Wildman–Crippen LogP) is 1.39. The Morgan fingerprint density at radius 1 is 1.23 bits per heavy atom. The monoisotopic (exact) mass is 179 g/mol. The summed E-state index contributed by atoms with van der Waals surface area (Å²) in [5.74, 6) is 0. The molecule has 0 aliphatic carbocycles. The van der Waals surface area contributed by atoms with Gasteiger partial charge in [-0.3, -0.25) is 4.90 Å². The minimum absolute atomic E-state index is 0.494. The zero-order valence-electron chi connectivity index (χ0n) is 7.89. The van der Waals surface area contributed by atoms with E-state index in [4.69, 9.17) is 5.73 Å². The molecule has 13 heavy (non-hydrogen) atoms. The first-order valence-corrected chi connectivity index (χ1v) is 4.98. The SMILES string of the molecule is NCN1CCCCC1n1cccc1. The van der Waals surface area contributed by atoms with E-state index in [0.717, 1.165) is 6.54 Å². The number of nitrogens with two attached hydrogens (primary N) is 1. The third-order valence-electron chi connectivity index (χ3n) is 2.79. The number of aromatic nitrogens is 1. The van der Waals surface area contributed by atoms with Crippen molar-refractivity contribution in [2.45, 2.75) is 25.4 Å². The van der Waals surface area contributed by atoms with Crippen molar-refractivity contribution >= 4 is 0 Å². The molecule has 0 bridgehead atoms. The molecule has 72 valence electrons. The molecule has 1 unspecified atom stereocenters. The minimum Gasteiger partial charge on any atom is -0.338 e. The highest BCUT2D eigenvalue weighted by Crippen LogP contribution is 2.24. The molecule has 0 amide bonds. The van der Waals surface area contributed by atoms with Crippen LogP contribution in [0.1, 0.15) is 25.4 Å². The number of likely N-dealkylation sites (tertiary alicyclic amines) is 1. The average Bonchev–Trinajstić information content (AvgIpc) is 2.70. The number of piperidine rings is 1. The summed E-state index contributed by atoms with van der Waals surface area (Å²) in [7, 11) is 0. The van der Waals surface area contributed by atoms with Crippen molar-refractivity contribution in [3.63, 3.8) is 0 Å². The van der Waals surface area contributed by atoms with E-state index in [0.29, 0.717) is 12.8 Å². The molecule has 1 aromatic rings. The van der Waals surface area contributed by atoms with Crippen LogP contribution in [0, 0.1) is 0 Å². The summed E-state index contributed by atoms with van der Waals surface area (Å²) < 4.78 is 2.26. The molecule has 3 nitrogen and oxygen atoms in total. The van der Waals surface area contributed by atoms with Crippen LogP contribution in [0.2, 0.25) is 0 Å². The van der Waals surface area contributed by atoms with Crippen molar-refractivity contribution in [1.29, 1.82) is 0 Å². The Morgan fingerprint density at radius 2 is 2.00 bits per heavy atom. The Bertz CT molecular complexity index is 243. The second-order valence-corrected chi connectivity index (χ2v) is 3.60. The van der Waals surface area contributed by atoms with Gasteiger partial charge in [0.2, 0.25) is 0 Å². The lowest BCUT2D eigenvalue weighted by Crippen LogP contribution is -2.39. The van der Waals surface area contributed by atoms with Crippen molar-refractivity contribution in [2.75, 3.05) is 13.2 Å². The van der Waals surface area contributed by atoms with E-state index in [1.807, 2.05) is 0 Å². The fourth-order valence-corrected chi connectivity index (χ4v) is 2.07. The molecular weight excluding hydrogens is 162 g/mol. The molecule has 0 spiro atoms. The standard InChI is InChI=1S/C10H17N3/c11-9-13-8-2-1-5-10(13)12-6-3-4-7-12/h3-4,6-7,10H,1-2,5,8-9,11H2. The molecule has 1 aliphatic heterocycles. The summed E-state index contributed by atoms with van der Waals surface area (Å²) in [6, 6.07) is 4.15. The van der Waals surface area contributed by atoms with Crippen LogP contribution < -0.4 is 5.73 Å². The van der Waals surface area contributed by atoms with Crippen LogP contribution >= 0.6 is 0 Å². The highest BCUT2D eigenvalue weighted by molar-refractivity contribution is 4.93. The van der Waals surface area contributed by atoms with Crippen LogP contribution in [-0.2, 0) is 0 Å². The third kappa shape index (κ3) is 1.76. The van der Waals surface area contributed by atoms with Crippen molar-refractivity contribution in [1.82, 2.24) is 9.47 Å². The van der Waals surface area contributed by atoms with Crippen LogP contribution in [0.4, 0.5) is 0 Å². The van der Waals surface area contributed by atoms with Gasteiger partial charge in [0.25, 0.3) is 0 Å². The molecule has 0 aromatic carbocycles. The maximum absolute atomic E-state index is 5.71. The first-order valence-electron chi connectivity index (χ1n) is 4.98. The second-order valence-electron chi connectivity index (χ2n) is 3.60. The molecule has 1 aliphatic rings. The van der Waals surface area contributed by atoms with Gasteiger partial charge in [-0.25, -0.2) is 0 Å². The fraction of sp³-hybridized carbons (Fsp3) is 0.600. The Labute approximate surface area is 79.1 Å². The van der Waals surface area contributed by atoms with Gasteiger partial charge < -0.3 is 10.3 Å². The Balaban J connectivity index is 2.11. The lowest BCUT2D eigenvalue weighted by Gasteiger charge is -2.35. The van der Waals surface area contributed by atoms with Crippen molar-refractivity contribution in [3.05, 3.63) is 24.5 Å². The first kappa shape index (κ1) is 8.78. The van der Waals surface area contributed by atoms with Gasteiger partial charge in [-0.15, -0.1) is 0 Å². The van der Waals surface area contributed by atoms with Gasteiger partial charge in [-0.2, -0.15) is 0 Å². The molecule has 0 radical (unpaired) electrons. The Hall–Kier alpha value is -0.800. The minimum atomic E-state index is 0.494. The van der Waals surface area contributed by atoms with Gasteiger partial charge in [0.05, 0.1) is 6.17 Å². The number of hydrogen-bond acceptors (Lipinski definition) is 2. The van der Waals surface area contributed by atoms with Gasteiger partial charge in [0.1, 0.15) is 0 Å². The first-order chi connectivity index (χ1) is 6.42. The molecule has 2 rings (SSSR count). The fourth-order valence-electron chi connectivity index (χ4n) is 2.07. The summed E-state index contributed by atoms with van der Waals surface area (Å²) in [6.07, 6.45) is 8.58. The lowest BCUT2D eigenvalue weighted by atomic mass is 10.1. The second kappa shape index (κ2) is 3.94. The Morgan fingerprint density at radius 3 is 2.69 bits per heavy atom. The van der Waals surface area contributed by atoms with E-state index >= 15 is 0 Å². The predicted molar refractivity (Wildman–Crippen MR) is 53.1 cm³/mol. The van der Waals surface area contributed by atoms with Gasteiger partial charge in [-0.05, 0) is 31.4 Å². The summed E-state index contributed by atoms with van der Waals surface area (Å²) >= 11 is 0. The lowest BCUT2D eigenvalue weighted by molar-refractivity contribution is 0.0989. The quantitative estimate of drug-likeness (QED) is 0.744. The average molecular weight is 179 g/mol. The highest BCUT2D eigenvalue weighted by Gasteiger charge is 2.21. The maximum atomic E-state index is 5.71. The molecule has 2 N–H and O–H groups in total. The van der Waals surface area contributed by atoms with Gasteiger partial charge >= 0.3 is 0 Å². The molecule has 1 atom stereocenters. The molecular formula is C10H17N3. The van der Waals surface area contributed by atoms with Crippen molar-refractivity contribution in [3.8, 4) is 0 Å².